The van der Waals surface area contributed by atoms with E-state index in [2.05, 4.69) is 15.8 Å². The molecule has 41 heavy (non-hydrogen) atoms. The summed E-state index contributed by atoms with van der Waals surface area (Å²) in [7, 11) is 1.76. The van der Waals surface area contributed by atoms with Gasteiger partial charge in [-0.1, -0.05) is 28.4 Å². The first kappa shape index (κ1) is 30.8. The second kappa shape index (κ2) is 14.2. The van der Waals surface area contributed by atoms with Gasteiger partial charge in [-0.2, -0.15) is 0 Å². The van der Waals surface area contributed by atoms with Gasteiger partial charge in [-0.3, -0.25) is 0 Å². The van der Waals surface area contributed by atoms with Crippen molar-refractivity contribution in [1.82, 2.24) is 25.3 Å². The Balaban J connectivity index is 1.70. The highest BCUT2D eigenvalue weighted by atomic mass is 35.5. The quantitative estimate of drug-likeness (QED) is 0.270. The molecule has 0 spiro atoms. The van der Waals surface area contributed by atoms with Crippen molar-refractivity contribution in [2.45, 2.75) is 52.2 Å². The van der Waals surface area contributed by atoms with Gasteiger partial charge in [0.05, 0.1) is 28.9 Å². The van der Waals surface area contributed by atoms with Gasteiger partial charge in [-0.05, 0) is 65.3 Å². The molecule has 2 atom stereocenters. The molecule has 2 aromatic heterocycles. The average Bonchev–Trinajstić information content (AvgIpc) is 3.29. The van der Waals surface area contributed by atoms with Crippen molar-refractivity contribution in [3.63, 3.8) is 0 Å². The number of ether oxygens (including phenoxy) is 2. The van der Waals surface area contributed by atoms with Crippen molar-refractivity contribution >= 4 is 35.1 Å². The summed E-state index contributed by atoms with van der Waals surface area (Å²) in [4.78, 5) is 23.9. The number of likely N-dealkylation sites (N-methyl/N-ethyl adjacent to an activating group) is 1. The molecular formula is C28H36Cl2N6O5. The van der Waals surface area contributed by atoms with Crippen LogP contribution < -0.4 is 15.4 Å². The zero-order valence-electron chi connectivity index (χ0n) is 23.7. The van der Waals surface area contributed by atoms with Crippen molar-refractivity contribution in [3.8, 4) is 28.4 Å². The Labute approximate surface area is 249 Å². The third-order valence-corrected chi connectivity index (χ3v) is 7.50. The number of hydrogen-bond donors (Lipinski definition) is 3. The summed E-state index contributed by atoms with van der Waals surface area (Å²) in [5, 5.41) is 21.1. The number of nitrogens with zero attached hydrogens (tertiary/aromatic N) is 4. The maximum atomic E-state index is 12.6. The fourth-order valence-electron chi connectivity index (χ4n) is 4.80. The zero-order chi connectivity index (χ0) is 29.5. The van der Waals surface area contributed by atoms with Gasteiger partial charge in [0.15, 0.2) is 5.82 Å². The third kappa shape index (κ3) is 7.40. The Morgan fingerprint density at radius 2 is 2.07 bits per heavy atom. The lowest BCUT2D eigenvalue weighted by atomic mass is 10.0. The lowest BCUT2D eigenvalue weighted by molar-refractivity contribution is 0.0797. The van der Waals surface area contributed by atoms with Crippen LogP contribution in [0.1, 0.15) is 37.6 Å². The highest BCUT2D eigenvalue weighted by Gasteiger charge is 2.29. The van der Waals surface area contributed by atoms with Crippen LogP contribution in [-0.4, -0.2) is 83.3 Å². The summed E-state index contributed by atoms with van der Waals surface area (Å²) in [5.74, 6) is 1.75. The van der Waals surface area contributed by atoms with Crippen LogP contribution in [0.4, 0.5) is 10.6 Å². The second-order valence-electron chi connectivity index (χ2n) is 9.84. The number of anilines is 1. The minimum Gasteiger partial charge on any atom is -0.491 e. The molecule has 0 bridgehead atoms. The van der Waals surface area contributed by atoms with Crippen LogP contribution in [0.25, 0.3) is 22.6 Å². The van der Waals surface area contributed by atoms with E-state index >= 15 is 0 Å². The van der Waals surface area contributed by atoms with E-state index in [0.717, 1.165) is 19.3 Å². The Kier molecular flexibility index (Phi) is 10.7. The van der Waals surface area contributed by atoms with Crippen molar-refractivity contribution in [1.29, 1.82) is 0 Å². The molecule has 1 aliphatic heterocycles. The number of piperidine rings is 1. The van der Waals surface area contributed by atoms with E-state index in [1.807, 2.05) is 6.92 Å². The Hall–Kier alpha value is -3.12. The predicted octanol–water partition coefficient (Wildman–Crippen LogP) is 5.10. The average molecular weight is 608 g/mol. The molecule has 1 aromatic carbocycles. The van der Waals surface area contributed by atoms with Crippen LogP contribution >= 0.6 is 23.2 Å². The molecule has 3 heterocycles. The first-order chi connectivity index (χ1) is 19.7. The molecule has 1 amide bonds. The van der Waals surface area contributed by atoms with Crippen molar-refractivity contribution < 1.29 is 23.9 Å². The third-order valence-electron chi connectivity index (χ3n) is 6.82. The fraction of sp³-hybridized carbons (Fsp3) is 0.500. The monoisotopic (exact) mass is 606 g/mol. The number of aliphatic hydroxyl groups excluding tert-OH is 1. The number of hydrogen-bond acceptors (Lipinski definition) is 10. The van der Waals surface area contributed by atoms with E-state index < -0.39 is 6.10 Å². The topological polar surface area (TPSA) is 135 Å². The first-order valence-electron chi connectivity index (χ1n) is 13.7. The lowest BCUT2D eigenvalue weighted by Gasteiger charge is -2.35. The Morgan fingerprint density at radius 1 is 1.27 bits per heavy atom. The number of carbonyl (C=O) groups is 1. The van der Waals surface area contributed by atoms with Crippen LogP contribution in [0.2, 0.25) is 10.0 Å². The largest absolute Gasteiger partial charge is 0.491 e. The summed E-state index contributed by atoms with van der Waals surface area (Å²) < 4.78 is 16.5. The number of aromatic nitrogens is 3. The number of benzene rings is 1. The number of likely N-dealkylation sites (tertiary alicyclic amines) is 1. The number of rotatable bonds is 11. The number of halogens is 2. The highest BCUT2D eigenvalue weighted by Crippen LogP contribution is 2.39. The number of aliphatic hydroxyl groups is 1. The zero-order valence-corrected chi connectivity index (χ0v) is 25.2. The summed E-state index contributed by atoms with van der Waals surface area (Å²) >= 11 is 13.5. The van der Waals surface area contributed by atoms with Gasteiger partial charge in [-0.25, -0.2) is 14.8 Å². The molecule has 1 aliphatic rings. The minimum absolute atomic E-state index is 0.0934. The number of nitrogens with one attached hydrogen (secondary N) is 2. The molecule has 4 rings (SSSR count). The number of aryl methyl sites for hydroxylation is 2. The van der Waals surface area contributed by atoms with E-state index in [-0.39, 0.29) is 18.7 Å². The first-order valence-corrected chi connectivity index (χ1v) is 14.4. The van der Waals surface area contributed by atoms with Crippen LogP contribution in [0.15, 0.2) is 22.7 Å². The molecule has 1 saturated heterocycles. The number of carbonyl (C=O) groups excluding carboxylic acids is 1. The van der Waals surface area contributed by atoms with E-state index in [0.29, 0.717) is 82.0 Å². The molecule has 3 aromatic rings. The standard InChI is InChI=1S/C28H36Cl2N6O5/c1-5-39-28(38)36-11-7-6-8-18(36)13-32-27-24(30)25(23-16(2)35-41-17(23)3)33-26(34-27)21-12-20(9-10-22(21)29)40-15-19(37)14-31-4/h9-10,12,18-19,31,37H,5-8,11,13-15H2,1-4H3,(H,32,33,34). The van der Waals surface area contributed by atoms with E-state index in [1.165, 1.54) is 0 Å². The van der Waals surface area contributed by atoms with Gasteiger partial charge < -0.3 is 34.6 Å². The van der Waals surface area contributed by atoms with Gasteiger partial charge in [0.2, 0.25) is 0 Å². The molecule has 222 valence electrons. The van der Waals surface area contributed by atoms with Gasteiger partial charge in [0.25, 0.3) is 0 Å². The predicted molar refractivity (Wildman–Crippen MR) is 158 cm³/mol. The summed E-state index contributed by atoms with van der Waals surface area (Å²) in [6.45, 7) is 7.24. The van der Waals surface area contributed by atoms with E-state index in [9.17, 15) is 9.90 Å². The SMILES string of the molecule is CCOC(=O)N1CCCCC1CNc1nc(-c2cc(OCC(O)CNC)ccc2Cl)nc(-c2c(C)noc2C)c1Cl. The lowest BCUT2D eigenvalue weighted by Crippen LogP contribution is -2.47. The molecule has 1 fully saturated rings. The van der Waals surface area contributed by atoms with Crippen LogP contribution in [0.5, 0.6) is 5.75 Å². The molecule has 0 saturated carbocycles. The second-order valence-corrected chi connectivity index (χ2v) is 10.6. The summed E-state index contributed by atoms with van der Waals surface area (Å²) in [6.07, 6.45) is 1.74. The Morgan fingerprint density at radius 3 is 2.78 bits per heavy atom. The molecule has 0 radical (unpaired) electrons. The van der Waals surface area contributed by atoms with Gasteiger partial charge in [-0.15, -0.1) is 0 Å². The highest BCUT2D eigenvalue weighted by molar-refractivity contribution is 6.35. The van der Waals surface area contributed by atoms with Crippen molar-refractivity contribution in [3.05, 3.63) is 39.7 Å². The number of amides is 1. The summed E-state index contributed by atoms with van der Waals surface area (Å²) in [5.41, 5.74) is 2.24. The molecule has 2 unspecified atom stereocenters. The van der Waals surface area contributed by atoms with E-state index in [1.54, 1.807) is 44.0 Å². The fourth-order valence-corrected chi connectivity index (χ4v) is 5.25. The molecule has 11 nitrogen and oxygen atoms in total. The molecule has 3 N–H and O–H groups in total. The normalized spacial score (nSPS) is 16.0. The van der Waals surface area contributed by atoms with Crippen molar-refractivity contribution in [2.24, 2.45) is 0 Å². The Bertz CT molecular complexity index is 1330. The van der Waals surface area contributed by atoms with Gasteiger partial charge in [0.1, 0.15) is 40.8 Å². The smallest absolute Gasteiger partial charge is 0.410 e. The maximum Gasteiger partial charge on any atom is 0.410 e. The van der Waals surface area contributed by atoms with Gasteiger partial charge >= 0.3 is 6.09 Å². The molecule has 0 aliphatic carbocycles. The van der Waals surface area contributed by atoms with E-state index in [4.69, 9.17) is 47.2 Å². The van der Waals surface area contributed by atoms with Crippen LogP contribution in [0, 0.1) is 13.8 Å². The molecular weight excluding hydrogens is 571 g/mol. The van der Waals surface area contributed by atoms with Crippen LogP contribution in [0.3, 0.4) is 0 Å². The van der Waals surface area contributed by atoms with Crippen LogP contribution in [-0.2, 0) is 4.74 Å². The maximum absolute atomic E-state index is 12.6. The summed E-state index contributed by atoms with van der Waals surface area (Å²) in [6, 6.07) is 5.04. The molecule has 13 heteroatoms. The van der Waals surface area contributed by atoms with Gasteiger partial charge in [0, 0.05) is 25.2 Å². The van der Waals surface area contributed by atoms with Crippen molar-refractivity contribution in [2.75, 3.05) is 45.2 Å². The minimum atomic E-state index is -0.679.